The van der Waals surface area contributed by atoms with Crippen LogP contribution in [0.1, 0.15) is 53.4 Å². The molecule has 1 N–H and O–H groups in total. The minimum absolute atomic E-state index is 0.0406. The molecule has 0 aromatic heterocycles. The van der Waals surface area contributed by atoms with Crippen LogP contribution in [-0.4, -0.2) is 49.6 Å². The van der Waals surface area contributed by atoms with Crippen LogP contribution in [0, 0.1) is 11.8 Å². The third-order valence-electron chi connectivity index (χ3n) is 4.40. The van der Waals surface area contributed by atoms with Crippen LogP contribution >= 0.6 is 0 Å². The molecular formula is C17H33N3O2. The molecule has 0 aromatic carbocycles. The van der Waals surface area contributed by atoms with Gasteiger partial charge < -0.3 is 15.0 Å². The first-order valence-corrected chi connectivity index (χ1v) is 8.85. The van der Waals surface area contributed by atoms with Gasteiger partial charge in [0.15, 0.2) is 5.96 Å². The van der Waals surface area contributed by atoms with Crippen LogP contribution in [0.15, 0.2) is 4.99 Å². The molecule has 1 saturated heterocycles. The fraction of sp³-hybridized carbons (Fsp3) is 0.882. The zero-order chi connectivity index (χ0) is 16.4. The highest BCUT2D eigenvalue weighted by molar-refractivity contribution is 5.80. The maximum absolute atomic E-state index is 11.8. The van der Waals surface area contributed by atoms with Gasteiger partial charge in [0.1, 0.15) is 0 Å². The lowest BCUT2D eigenvalue weighted by Crippen LogP contribution is -2.47. The van der Waals surface area contributed by atoms with E-state index in [2.05, 4.69) is 31.0 Å². The van der Waals surface area contributed by atoms with Crippen LogP contribution in [-0.2, 0) is 9.53 Å². The number of esters is 1. The predicted octanol–water partition coefficient (Wildman–Crippen LogP) is 2.66. The monoisotopic (exact) mass is 311 g/mol. The zero-order valence-electron chi connectivity index (χ0n) is 14.7. The minimum Gasteiger partial charge on any atom is -0.466 e. The number of hydrogen-bond donors (Lipinski definition) is 1. The van der Waals surface area contributed by atoms with Crippen molar-refractivity contribution in [2.45, 2.75) is 53.4 Å². The van der Waals surface area contributed by atoms with Crippen molar-refractivity contribution in [3.8, 4) is 0 Å². The van der Waals surface area contributed by atoms with Gasteiger partial charge in [0.2, 0.25) is 0 Å². The van der Waals surface area contributed by atoms with E-state index in [0.29, 0.717) is 12.5 Å². The summed E-state index contributed by atoms with van der Waals surface area (Å²) in [5, 5.41) is 3.38. The number of carbonyl (C=O) groups excluding carboxylic acids is 1. The van der Waals surface area contributed by atoms with Crippen molar-refractivity contribution >= 4 is 11.9 Å². The van der Waals surface area contributed by atoms with Crippen molar-refractivity contribution in [2.75, 3.05) is 32.8 Å². The molecule has 1 aliphatic rings. The first kappa shape index (κ1) is 18.8. The van der Waals surface area contributed by atoms with E-state index in [0.717, 1.165) is 45.0 Å². The first-order chi connectivity index (χ1) is 10.7. The fourth-order valence-corrected chi connectivity index (χ4v) is 2.78. The van der Waals surface area contributed by atoms with Crippen molar-refractivity contribution in [3.05, 3.63) is 0 Å². The smallest absolute Gasteiger partial charge is 0.309 e. The highest BCUT2D eigenvalue weighted by Crippen LogP contribution is 2.19. The van der Waals surface area contributed by atoms with Crippen LogP contribution in [0.2, 0.25) is 0 Å². The van der Waals surface area contributed by atoms with E-state index in [1.807, 2.05) is 6.92 Å². The Bertz CT molecular complexity index is 346. The number of ether oxygens (including phenoxy) is 1. The van der Waals surface area contributed by atoms with Crippen LogP contribution in [0.5, 0.6) is 0 Å². The van der Waals surface area contributed by atoms with E-state index in [4.69, 9.17) is 9.73 Å². The first-order valence-electron chi connectivity index (χ1n) is 8.85. The van der Waals surface area contributed by atoms with E-state index in [1.54, 1.807) is 0 Å². The summed E-state index contributed by atoms with van der Waals surface area (Å²) >= 11 is 0. The maximum atomic E-state index is 11.8. The molecule has 5 nitrogen and oxygen atoms in total. The molecule has 128 valence electrons. The van der Waals surface area contributed by atoms with Crippen LogP contribution in [0.25, 0.3) is 0 Å². The largest absolute Gasteiger partial charge is 0.466 e. The summed E-state index contributed by atoms with van der Waals surface area (Å²) in [6.07, 6.45) is 4.05. The molecule has 0 amide bonds. The van der Waals surface area contributed by atoms with Gasteiger partial charge in [0, 0.05) is 26.2 Å². The summed E-state index contributed by atoms with van der Waals surface area (Å²) in [6.45, 7) is 12.4. The number of rotatable bonds is 7. The maximum Gasteiger partial charge on any atom is 0.309 e. The summed E-state index contributed by atoms with van der Waals surface area (Å²) in [5.41, 5.74) is 0. The molecule has 0 bridgehead atoms. The van der Waals surface area contributed by atoms with Gasteiger partial charge in [0.25, 0.3) is 0 Å². The highest BCUT2D eigenvalue weighted by atomic mass is 16.5. The summed E-state index contributed by atoms with van der Waals surface area (Å²) in [6, 6.07) is 0. The van der Waals surface area contributed by atoms with Gasteiger partial charge in [-0.2, -0.15) is 0 Å². The number of likely N-dealkylation sites (tertiary alicyclic amines) is 1. The Kier molecular flexibility index (Phi) is 8.94. The number of carbonyl (C=O) groups is 1. The van der Waals surface area contributed by atoms with Gasteiger partial charge in [-0.25, -0.2) is 0 Å². The number of piperidine rings is 1. The molecule has 1 aliphatic heterocycles. The highest BCUT2D eigenvalue weighted by Gasteiger charge is 2.27. The van der Waals surface area contributed by atoms with E-state index in [1.165, 1.54) is 12.8 Å². The Balaban J connectivity index is 2.56. The molecule has 0 radical (unpaired) electrons. The molecule has 1 fully saturated rings. The molecule has 0 spiro atoms. The van der Waals surface area contributed by atoms with Gasteiger partial charge >= 0.3 is 5.97 Å². The average molecular weight is 311 g/mol. The Morgan fingerprint density at radius 1 is 1.23 bits per heavy atom. The Morgan fingerprint density at radius 2 is 1.86 bits per heavy atom. The number of guanidine groups is 1. The summed E-state index contributed by atoms with van der Waals surface area (Å²) in [5.74, 6) is 1.67. The lowest BCUT2D eigenvalue weighted by Gasteiger charge is -2.33. The number of nitrogens with zero attached hydrogens (tertiary/aromatic N) is 2. The molecular weight excluding hydrogens is 278 g/mol. The van der Waals surface area contributed by atoms with Crippen LogP contribution < -0.4 is 5.32 Å². The lowest BCUT2D eigenvalue weighted by atomic mass is 9.97. The fourth-order valence-electron chi connectivity index (χ4n) is 2.78. The molecule has 1 heterocycles. The number of hydrogen-bond acceptors (Lipinski definition) is 3. The second kappa shape index (κ2) is 10.5. The van der Waals surface area contributed by atoms with Crippen molar-refractivity contribution in [3.63, 3.8) is 0 Å². The van der Waals surface area contributed by atoms with E-state index >= 15 is 0 Å². The van der Waals surface area contributed by atoms with Gasteiger partial charge in [-0.05, 0) is 32.6 Å². The topological polar surface area (TPSA) is 53.9 Å². The van der Waals surface area contributed by atoms with E-state index in [9.17, 15) is 4.79 Å². The summed E-state index contributed by atoms with van der Waals surface area (Å²) in [7, 11) is 0. The molecule has 1 rings (SSSR count). The SMILES string of the molecule is CCNC(=NCC(CC)CC)N1CCC(C(=O)OCC)CC1. The number of nitrogens with one attached hydrogen (secondary N) is 1. The van der Waals surface area contributed by atoms with Gasteiger partial charge in [-0.15, -0.1) is 0 Å². The molecule has 0 unspecified atom stereocenters. The van der Waals surface area contributed by atoms with Gasteiger partial charge in [-0.3, -0.25) is 9.79 Å². The number of aliphatic imine (C=N–C) groups is 1. The van der Waals surface area contributed by atoms with Gasteiger partial charge in [-0.1, -0.05) is 26.7 Å². The minimum atomic E-state index is -0.0406. The molecule has 0 aromatic rings. The summed E-state index contributed by atoms with van der Waals surface area (Å²) < 4.78 is 5.13. The molecule has 22 heavy (non-hydrogen) atoms. The van der Waals surface area contributed by atoms with Crippen molar-refractivity contribution in [1.82, 2.24) is 10.2 Å². The second-order valence-electron chi connectivity index (χ2n) is 5.89. The second-order valence-corrected chi connectivity index (χ2v) is 5.89. The Hall–Kier alpha value is -1.26. The Morgan fingerprint density at radius 3 is 2.36 bits per heavy atom. The third-order valence-corrected chi connectivity index (χ3v) is 4.40. The zero-order valence-corrected chi connectivity index (χ0v) is 14.7. The van der Waals surface area contributed by atoms with Crippen molar-refractivity contribution in [2.24, 2.45) is 16.8 Å². The molecule has 0 atom stereocenters. The summed E-state index contributed by atoms with van der Waals surface area (Å²) in [4.78, 5) is 18.9. The Labute approximate surface area is 135 Å². The standard InChI is InChI=1S/C17H33N3O2/c1-5-14(6-2)13-19-17(18-7-3)20-11-9-15(10-12-20)16(21)22-8-4/h14-15H,5-13H2,1-4H3,(H,18,19). The van der Waals surface area contributed by atoms with E-state index < -0.39 is 0 Å². The van der Waals surface area contributed by atoms with E-state index in [-0.39, 0.29) is 11.9 Å². The van der Waals surface area contributed by atoms with Crippen LogP contribution in [0.4, 0.5) is 0 Å². The third kappa shape index (κ3) is 5.85. The van der Waals surface area contributed by atoms with Crippen molar-refractivity contribution < 1.29 is 9.53 Å². The molecule has 5 heteroatoms. The molecule has 0 saturated carbocycles. The normalized spacial score (nSPS) is 17.0. The van der Waals surface area contributed by atoms with Crippen molar-refractivity contribution in [1.29, 1.82) is 0 Å². The quantitative estimate of drug-likeness (QED) is 0.446. The predicted molar refractivity (Wildman–Crippen MR) is 91.0 cm³/mol. The molecule has 0 aliphatic carbocycles. The average Bonchev–Trinajstić information content (AvgIpc) is 2.55. The lowest BCUT2D eigenvalue weighted by molar-refractivity contribution is -0.149. The van der Waals surface area contributed by atoms with Gasteiger partial charge in [0.05, 0.1) is 12.5 Å². The van der Waals surface area contributed by atoms with Crippen LogP contribution in [0.3, 0.4) is 0 Å².